The molecule has 1 fully saturated rings. The van der Waals surface area contributed by atoms with Gasteiger partial charge in [0.2, 0.25) is 17.8 Å². The second-order valence-electron chi connectivity index (χ2n) is 8.99. The Morgan fingerprint density at radius 2 is 1.76 bits per heavy atom. The van der Waals surface area contributed by atoms with Gasteiger partial charge in [0.25, 0.3) is 0 Å². The molecule has 2 heterocycles. The van der Waals surface area contributed by atoms with E-state index in [0.717, 1.165) is 24.5 Å². The van der Waals surface area contributed by atoms with Gasteiger partial charge in [0, 0.05) is 67.3 Å². The Balaban J connectivity index is 1.38. The van der Waals surface area contributed by atoms with Gasteiger partial charge in [0.1, 0.15) is 5.82 Å². The van der Waals surface area contributed by atoms with Gasteiger partial charge in [0.15, 0.2) is 0 Å². The zero-order valence-electron chi connectivity index (χ0n) is 20.9. The van der Waals surface area contributed by atoms with E-state index < -0.39 is 5.82 Å². The molecule has 9 heteroatoms. The van der Waals surface area contributed by atoms with Crippen LogP contribution in [0.25, 0.3) is 22.0 Å². The van der Waals surface area contributed by atoms with Crippen LogP contribution < -0.4 is 15.5 Å². The number of halogens is 1. The van der Waals surface area contributed by atoms with Crippen LogP contribution in [0.3, 0.4) is 0 Å². The monoisotopic (exact) mass is 510 g/mol. The lowest BCUT2D eigenvalue weighted by Crippen LogP contribution is -2.48. The van der Waals surface area contributed by atoms with Gasteiger partial charge in [-0.2, -0.15) is 0 Å². The van der Waals surface area contributed by atoms with Crippen LogP contribution in [0, 0.1) is 5.82 Å². The number of amides is 2. The summed E-state index contributed by atoms with van der Waals surface area (Å²) in [4.78, 5) is 36.5. The highest BCUT2D eigenvalue weighted by Crippen LogP contribution is 2.32. The Kier molecular flexibility index (Phi) is 6.99. The minimum absolute atomic E-state index is 0.106. The van der Waals surface area contributed by atoms with Crippen molar-refractivity contribution in [3.05, 3.63) is 85.3 Å². The summed E-state index contributed by atoms with van der Waals surface area (Å²) in [6.45, 7) is 8.05. The minimum Gasteiger partial charge on any atom is -0.368 e. The summed E-state index contributed by atoms with van der Waals surface area (Å²) in [5.74, 6) is -0.333. The van der Waals surface area contributed by atoms with Crippen LogP contribution in [-0.2, 0) is 9.59 Å². The third-order valence-electron chi connectivity index (χ3n) is 6.52. The van der Waals surface area contributed by atoms with Crippen molar-refractivity contribution in [2.75, 3.05) is 41.7 Å². The number of anilines is 4. The molecule has 1 saturated heterocycles. The van der Waals surface area contributed by atoms with E-state index in [9.17, 15) is 9.59 Å². The summed E-state index contributed by atoms with van der Waals surface area (Å²) in [5.41, 5.74) is 3.75. The second-order valence-corrected chi connectivity index (χ2v) is 8.99. The molecule has 1 aromatic heterocycles. The highest BCUT2D eigenvalue weighted by Gasteiger charge is 2.19. The maximum atomic E-state index is 15.1. The lowest BCUT2D eigenvalue weighted by Gasteiger charge is -2.35. The summed E-state index contributed by atoms with van der Waals surface area (Å²) in [5, 5.41) is 6.60. The molecule has 0 bridgehead atoms. The van der Waals surface area contributed by atoms with Gasteiger partial charge in [0.05, 0.1) is 5.52 Å². The maximum absolute atomic E-state index is 15.1. The van der Waals surface area contributed by atoms with Crippen LogP contribution in [0.15, 0.2) is 79.5 Å². The van der Waals surface area contributed by atoms with E-state index in [2.05, 4.69) is 32.1 Å². The van der Waals surface area contributed by atoms with Crippen molar-refractivity contribution >= 4 is 45.7 Å². The SMILES string of the molecule is C=CC(=O)Nc1cccc(-c2c(F)ccc3cnc(Nc4ccc(N5CCN(C(C)=O)CC5)cc4)nc23)c1. The number of carbonyl (C=O) groups excluding carboxylic acids is 2. The van der Waals surface area contributed by atoms with Crippen LogP contribution in [0.4, 0.5) is 27.4 Å². The number of carbonyl (C=O) groups is 2. The number of nitrogens with zero attached hydrogens (tertiary/aromatic N) is 4. The Morgan fingerprint density at radius 1 is 1.00 bits per heavy atom. The van der Waals surface area contributed by atoms with Gasteiger partial charge >= 0.3 is 0 Å². The average molecular weight is 511 g/mol. The van der Waals surface area contributed by atoms with E-state index in [1.54, 1.807) is 43.5 Å². The van der Waals surface area contributed by atoms with Gasteiger partial charge in [-0.05, 0) is 60.2 Å². The fourth-order valence-corrected chi connectivity index (χ4v) is 4.52. The first-order chi connectivity index (χ1) is 18.4. The van der Waals surface area contributed by atoms with Crippen molar-refractivity contribution in [3.63, 3.8) is 0 Å². The maximum Gasteiger partial charge on any atom is 0.247 e. The van der Waals surface area contributed by atoms with Crippen molar-refractivity contribution in [2.45, 2.75) is 6.92 Å². The van der Waals surface area contributed by atoms with Crippen molar-refractivity contribution in [2.24, 2.45) is 0 Å². The molecule has 0 spiro atoms. The summed E-state index contributed by atoms with van der Waals surface area (Å²) in [7, 11) is 0. The second kappa shape index (κ2) is 10.7. The number of hydrogen-bond donors (Lipinski definition) is 2. The quantitative estimate of drug-likeness (QED) is 0.356. The van der Waals surface area contributed by atoms with Crippen molar-refractivity contribution in [3.8, 4) is 11.1 Å². The fraction of sp³-hybridized carbons (Fsp3) is 0.172. The van der Waals surface area contributed by atoms with Crippen molar-refractivity contribution < 1.29 is 14.0 Å². The fourth-order valence-electron chi connectivity index (χ4n) is 4.52. The third kappa shape index (κ3) is 5.31. The highest BCUT2D eigenvalue weighted by atomic mass is 19.1. The highest BCUT2D eigenvalue weighted by molar-refractivity contribution is 6.00. The number of benzene rings is 3. The molecule has 0 unspecified atom stereocenters. The molecule has 4 aromatic rings. The van der Waals surface area contributed by atoms with E-state index in [4.69, 9.17) is 0 Å². The Hall–Kier alpha value is -4.79. The zero-order valence-corrected chi connectivity index (χ0v) is 20.9. The predicted molar refractivity (Wildman–Crippen MR) is 148 cm³/mol. The largest absolute Gasteiger partial charge is 0.368 e. The lowest BCUT2D eigenvalue weighted by molar-refractivity contribution is -0.129. The molecular weight excluding hydrogens is 483 g/mol. The molecule has 5 rings (SSSR count). The van der Waals surface area contributed by atoms with Gasteiger partial charge in [-0.25, -0.2) is 14.4 Å². The van der Waals surface area contributed by atoms with E-state index in [-0.39, 0.29) is 11.8 Å². The Labute approximate surface area is 219 Å². The molecule has 0 atom stereocenters. The predicted octanol–water partition coefficient (Wildman–Crippen LogP) is 4.97. The number of piperazine rings is 1. The van der Waals surface area contributed by atoms with Gasteiger partial charge in [-0.1, -0.05) is 18.7 Å². The molecular formula is C29H27FN6O2. The third-order valence-corrected chi connectivity index (χ3v) is 6.52. The molecule has 8 nitrogen and oxygen atoms in total. The zero-order chi connectivity index (χ0) is 26.6. The summed E-state index contributed by atoms with van der Waals surface area (Å²) < 4.78 is 15.1. The Morgan fingerprint density at radius 3 is 2.47 bits per heavy atom. The van der Waals surface area contributed by atoms with Crippen molar-refractivity contribution in [1.82, 2.24) is 14.9 Å². The van der Waals surface area contributed by atoms with E-state index in [1.165, 1.54) is 12.1 Å². The summed E-state index contributed by atoms with van der Waals surface area (Å²) in [6.07, 6.45) is 2.83. The topological polar surface area (TPSA) is 90.5 Å². The van der Waals surface area contributed by atoms with Crippen LogP contribution in [-0.4, -0.2) is 52.9 Å². The average Bonchev–Trinajstić information content (AvgIpc) is 2.93. The minimum atomic E-state index is -0.427. The standard InChI is InChI=1S/C29H27FN6O2/c1-3-26(38)32-23-6-4-5-20(17-23)27-25(30)12-7-21-18-31-29(34-28(21)27)33-22-8-10-24(11-9-22)36-15-13-35(14-16-36)19(2)37/h3-12,17-18H,1,13-16H2,2H3,(H,32,38)(H,31,33,34). The van der Waals surface area contributed by atoms with Gasteiger partial charge in [-0.3, -0.25) is 9.59 Å². The number of hydrogen-bond acceptors (Lipinski definition) is 6. The first kappa shape index (κ1) is 24.9. The van der Waals surface area contributed by atoms with Crippen LogP contribution >= 0.6 is 0 Å². The number of fused-ring (bicyclic) bond motifs is 1. The molecule has 0 radical (unpaired) electrons. The van der Waals surface area contributed by atoms with Gasteiger partial charge in [-0.15, -0.1) is 0 Å². The molecule has 38 heavy (non-hydrogen) atoms. The lowest BCUT2D eigenvalue weighted by atomic mass is 10.0. The normalized spacial score (nSPS) is 13.3. The molecule has 3 aromatic carbocycles. The van der Waals surface area contributed by atoms with Gasteiger partial charge < -0.3 is 20.4 Å². The first-order valence-corrected chi connectivity index (χ1v) is 12.3. The number of rotatable bonds is 6. The molecule has 2 N–H and O–H groups in total. The van der Waals surface area contributed by atoms with Crippen LogP contribution in [0.1, 0.15) is 6.92 Å². The molecule has 192 valence electrons. The molecule has 0 saturated carbocycles. The number of aromatic nitrogens is 2. The summed E-state index contributed by atoms with van der Waals surface area (Å²) in [6, 6.07) is 17.9. The Bertz CT molecular complexity index is 1510. The van der Waals surface area contributed by atoms with E-state index in [0.29, 0.717) is 46.8 Å². The van der Waals surface area contributed by atoms with E-state index >= 15 is 4.39 Å². The first-order valence-electron chi connectivity index (χ1n) is 12.3. The summed E-state index contributed by atoms with van der Waals surface area (Å²) >= 11 is 0. The van der Waals surface area contributed by atoms with E-state index in [1.807, 2.05) is 29.2 Å². The van der Waals surface area contributed by atoms with Crippen LogP contribution in [0.2, 0.25) is 0 Å². The smallest absolute Gasteiger partial charge is 0.247 e. The van der Waals surface area contributed by atoms with Crippen molar-refractivity contribution in [1.29, 1.82) is 0 Å². The molecule has 2 amide bonds. The number of nitrogens with one attached hydrogen (secondary N) is 2. The molecule has 1 aliphatic heterocycles. The molecule has 0 aliphatic carbocycles. The van der Waals surface area contributed by atoms with Crippen LogP contribution in [0.5, 0.6) is 0 Å². The molecule has 1 aliphatic rings.